The van der Waals surface area contributed by atoms with Gasteiger partial charge in [0.1, 0.15) is 0 Å². The van der Waals surface area contributed by atoms with E-state index in [9.17, 15) is 9.90 Å². The molecule has 1 N–H and O–H groups in total. The van der Waals surface area contributed by atoms with Crippen molar-refractivity contribution in [2.75, 3.05) is 7.11 Å². The summed E-state index contributed by atoms with van der Waals surface area (Å²) in [6.07, 6.45) is 3.62. The highest BCUT2D eigenvalue weighted by atomic mass is 35.5. The maximum absolute atomic E-state index is 11.5. The normalized spacial score (nSPS) is 23.6. The van der Waals surface area contributed by atoms with Gasteiger partial charge in [-0.05, 0) is 49.3 Å². The molecule has 4 heteroatoms. The second-order valence-electron chi connectivity index (χ2n) is 5.56. The minimum absolute atomic E-state index is 0.209. The van der Waals surface area contributed by atoms with Gasteiger partial charge in [-0.2, -0.15) is 0 Å². The van der Waals surface area contributed by atoms with Crippen LogP contribution in [-0.2, 0) is 16.0 Å². The molecule has 0 spiro atoms. The zero-order valence-corrected chi connectivity index (χ0v) is 12.7. The van der Waals surface area contributed by atoms with Crippen molar-refractivity contribution >= 4 is 17.6 Å². The number of hydrogen-bond donors (Lipinski definition) is 1. The van der Waals surface area contributed by atoms with E-state index < -0.39 is 0 Å². The highest BCUT2D eigenvalue weighted by molar-refractivity contribution is 6.31. The van der Waals surface area contributed by atoms with Gasteiger partial charge in [-0.1, -0.05) is 30.2 Å². The Morgan fingerprint density at radius 1 is 1.50 bits per heavy atom. The SMILES string of the molecule is COC(=O)C(C)c1ccc(C[C@H]2CCC[C@@H]2O)c(Cl)c1. The van der Waals surface area contributed by atoms with Gasteiger partial charge in [0.05, 0.1) is 19.1 Å². The topological polar surface area (TPSA) is 46.5 Å². The van der Waals surface area contributed by atoms with E-state index in [4.69, 9.17) is 16.3 Å². The van der Waals surface area contributed by atoms with Gasteiger partial charge < -0.3 is 9.84 Å². The Kier molecular flexibility index (Phi) is 5.06. The molecule has 3 atom stereocenters. The first kappa shape index (κ1) is 15.3. The van der Waals surface area contributed by atoms with Crippen molar-refractivity contribution in [3.63, 3.8) is 0 Å². The summed E-state index contributed by atoms with van der Waals surface area (Å²) in [5.41, 5.74) is 1.90. The van der Waals surface area contributed by atoms with Crippen LogP contribution in [0.15, 0.2) is 18.2 Å². The van der Waals surface area contributed by atoms with Crippen LogP contribution in [0.1, 0.15) is 43.2 Å². The van der Waals surface area contributed by atoms with Crippen LogP contribution in [-0.4, -0.2) is 24.3 Å². The lowest BCUT2D eigenvalue weighted by Crippen LogP contribution is -2.16. The van der Waals surface area contributed by atoms with Gasteiger partial charge >= 0.3 is 5.97 Å². The lowest BCUT2D eigenvalue weighted by Gasteiger charge is -2.16. The summed E-state index contributed by atoms with van der Waals surface area (Å²) in [5, 5.41) is 10.5. The Morgan fingerprint density at radius 2 is 2.25 bits per heavy atom. The molecular weight excluding hydrogens is 276 g/mol. The first-order chi connectivity index (χ1) is 9.52. The van der Waals surface area contributed by atoms with Gasteiger partial charge in [0, 0.05) is 5.02 Å². The summed E-state index contributed by atoms with van der Waals surface area (Å²) in [6.45, 7) is 1.80. The molecule has 0 radical (unpaired) electrons. The number of carbonyl (C=O) groups excluding carboxylic acids is 1. The van der Waals surface area contributed by atoms with Crippen molar-refractivity contribution in [1.29, 1.82) is 0 Å². The van der Waals surface area contributed by atoms with E-state index in [1.54, 1.807) is 6.92 Å². The number of halogens is 1. The molecule has 1 fully saturated rings. The number of aliphatic hydroxyl groups excluding tert-OH is 1. The summed E-state index contributed by atoms with van der Waals surface area (Å²) < 4.78 is 4.74. The average molecular weight is 297 g/mol. The predicted octanol–water partition coefficient (Wildman–Crippen LogP) is 3.32. The molecule has 1 aliphatic carbocycles. The van der Waals surface area contributed by atoms with Gasteiger partial charge in [0.15, 0.2) is 0 Å². The number of rotatable bonds is 4. The lowest BCUT2D eigenvalue weighted by molar-refractivity contribution is -0.141. The first-order valence-electron chi connectivity index (χ1n) is 7.07. The number of aliphatic hydroxyl groups is 1. The summed E-state index contributed by atoms with van der Waals surface area (Å²) in [4.78, 5) is 11.5. The third kappa shape index (κ3) is 3.33. The molecule has 1 aromatic rings. The number of carbonyl (C=O) groups is 1. The number of esters is 1. The van der Waals surface area contributed by atoms with Gasteiger partial charge in [0.2, 0.25) is 0 Å². The number of hydrogen-bond acceptors (Lipinski definition) is 3. The standard InChI is InChI=1S/C16H21ClO3/c1-10(16(19)20-2)11-6-7-12(14(17)9-11)8-13-4-3-5-15(13)18/h6-7,9-10,13,15,18H,3-5,8H2,1-2H3/t10?,13-,15+/m1/s1. The maximum Gasteiger partial charge on any atom is 0.312 e. The van der Waals surface area contributed by atoms with Crippen molar-refractivity contribution in [1.82, 2.24) is 0 Å². The van der Waals surface area contributed by atoms with Crippen LogP contribution < -0.4 is 0 Å². The minimum Gasteiger partial charge on any atom is -0.469 e. The van der Waals surface area contributed by atoms with E-state index in [1.165, 1.54) is 7.11 Å². The molecule has 0 saturated heterocycles. The zero-order chi connectivity index (χ0) is 14.7. The number of methoxy groups -OCH3 is 1. The first-order valence-corrected chi connectivity index (χ1v) is 7.45. The second kappa shape index (κ2) is 6.59. The molecule has 0 heterocycles. The zero-order valence-electron chi connectivity index (χ0n) is 11.9. The fourth-order valence-electron chi connectivity index (χ4n) is 2.85. The highest BCUT2D eigenvalue weighted by Gasteiger charge is 2.26. The maximum atomic E-state index is 11.5. The van der Waals surface area contributed by atoms with Crippen LogP contribution in [0.4, 0.5) is 0 Å². The molecule has 1 aliphatic rings. The van der Waals surface area contributed by atoms with E-state index >= 15 is 0 Å². The van der Waals surface area contributed by atoms with Crippen LogP contribution in [0, 0.1) is 5.92 Å². The molecule has 0 amide bonds. The molecule has 1 unspecified atom stereocenters. The Balaban J connectivity index is 2.11. The van der Waals surface area contributed by atoms with Crippen molar-refractivity contribution in [2.24, 2.45) is 5.92 Å². The molecule has 0 aliphatic heterocycles. The highest BCUT2D eigenvalue weighted by Crippen LogP contribution is 2.32. The van der Waals surface area contributed by atoms with Crippen molar-refractivity contribution in [2.45, 2.75) is 44.6 Å². The van der Waals surface area contributed by atoms with Crippen molar-refractivity contribution in [3.05, 3.63) is 34.3 Å². The number of ether oxygens (including phenoxy) is 1. The molecule has 2 rings (SSSR count). The largest absolute Gasteiger partial charge is 0.469 e. The Bertz CT molecular complexity index is 487. The van der Waals surface area contributed by atoms with E-state index in [2.05, 4.69) is 0 Å². The second-order valence-corrected chi connectivity index (χ2v) is 5.97. The summed E-state index contributed by atoms with van der Waals surface area (Å²) in [7, 11) is 1.39. The van der Waals surface area contributed by atoms with Gasteiger partial charge in [-0.3, -0.25) is 4.79 Å². The Hall–Kier alpha value is -1.06. The van der Waals surface area contributed by atoms with E-state index in [0.29, 0.717) is 10.9 Å². The monoisotopic (exact) mass is 296 g/mol. The summed E-state index contributed by atoms with van der Waals surface area (Å²) >= 11 is 6.31. The average Bonchev–Trinajstić information content (AvgIpc) is 2.84. The van der Waals surface area contributed by atoms with Gasteiger partial charge in [0.25, 0.3) is 0 Å². The predicted molar refractivity (Wildman–Crippen MR) is 78.9 cm³/mol. The molecule has 1 saturated carbocycles. The fraction of sp³-hybridized carbons (Fsp3) is 0.562. The third-order valence-electron chi connectivity index (χ3n) is 4.23. The van der Waals surface area contributed by atoms with Crippen LogP contribution in [0.3, 0.4) is 0 Å². The smallest absolute Gasteiger partial charge is 0.312 e. The van der Waals surface area contributed by atoms with E-state index in [1.807, 2.05) is 18.2 Å². The van der Waals surface area contributed by atoms with Crippen LogP contribution >= 0.6 is 11.6 Å². The molecule has 3 nitrogen and oxygen atoms in total. The number of benzene rings is 1. The van der Waals surface area contributed by atoms with E-state index in [0.717, 1.165) is 36.8 Å². The van der Waals surface area contributed by atoms with Gasteiger partial charge in [-0.15, -0.1) is 0 Å². The van der Waals surface area contributed by atoms with E-state index in [-0.39, 0.29) is 18.0 Å². The Labute approximate surface area is 124 Å². The van der Waals surface area contributed by atoms with Crippen LogP contribution in [0.2, 0.25) is 5.02 Å². The summed E-state index contributed by atoms with van der Waals surface area (Å²) in [5.74, 6) is -0.278. The van der Waals surface area contributed by atoms with Crippen molar-refractivity contribution in [3.8, 4) is 0 Å². The van der Waals surface area contributed by atoms with Crippen LogP contribution in [0.25, 0.3) is 0 Å². The molecule has 20 heavy (non-hydrogen) atoms. The minimum atomic E-state index is -0.316. The lowest BCUT2D eigenvalue weighted by atomic mass is 9.93. The molecule has 1 aromatic carbocycles. The third-order valence-corrected chi connectivity index (χ3v) is 4.58. The van der Waals surface area contributed by atoms with Gasteiger partial charge in [-0.25, -0.2) is 0 Å². The quantitative estimate of drug-likeness (QED) is 0.867. The Morgan fingerprint density at radius 3 is 2.80 bits per heavy atom. The molecule has 110 valence electrons. The summed E-state index contributed by atoms with van der Waals surface area (Å²) in [6, 6.07) is 5.71. The molecule has 0 aromatic heterocycles. The van der Waals surface area contributed by atoms with Crippen LogP contribution in [0.5, 0.6) is 0 Å². The molecule has 0 bridgehead atoms. The fourth-order valence-corrected chi connectivity index (χ4v) is 3.12. The molecular formula is C16H21ClO3. The van der Waals surface area contributed by atoms with Crippen molar-refractivity contribution < 1.29 is 14.6 Å².